The molecule has 22 nitrogen and oxygen atoms in total. The van der Waals surface area contributed by atoms with Gasteiger partial charge in [-0.25, -0.2) is 19.1 Å². The summed E-state index contributed by atoms with van der Waals surface area (Å²) < 4.78 is 25.3. The van der Waals surface area contributed by atoms with E-state index in [0.29, 0.717) is 81.4 Å². The molecule has 0 aliphatic heterocycles. The predicted molar refractivity (Wildman–Crippen MR) is 291 cm³/mol. The van der Waals surface area contributed by atoms with E-state index in [1.54, 1.807) is 45.0 Å². The highest BCUT2D eigenvalue weighted by atomic mass is 16.6. The Morgan fingerprint density at radius 2 is 1.40 bits per heavy atom. The van der Waals surface area contributed by atoms with E-state index in [1.165, 1.54) is 7.05 Å². The van der Waals surface area contributed by atoms with E-state index in [-0.39, 0.29) is 55.4 Å². The number of nitrogens with zero attached hydrogens (tertiary/aromatic N) is 3. The van der Waals surface area contributed by atoms with E-state index >= 15 is 0 Å². The topological polar surface area (TPSA) is 311 Å². The van der Waals surface area contributed by atoms with Crippen LogP contribution in [0.1, 0.15) is 157 Å². The van der Waals surface area contributed by atoms with Crippen molar-refractivity contribution in [3.05, 3.63) is 41.2 Å². The minimum atomic E-state index is -1.04. The van der Waals surface area contributed by atoms with Crippen LogP contribution < -0.4 is 43.4 Å². The molecule has 1 aromatic carbocycles. The lowest BCUT2D eigenvalue weighted by molar-refractivity contribution is -0.132. The second-order valence-electron chi connectivity index (χ2n) is 23.6. The average Bonchev–Trinajstić information content (AvgIpc) is 3.83. The SMILES string of the molecule is CNC(=O)OCc1ccc(NC(=O)[C@H](CCCNC(N)=O)NC(=O)C(NC(=O)CCC(C)(C)OCCC(C)(C)n2nnc3c2CCC2C(CC3)C2COC(=O)NC(C)(N)CCOC(C)(C)CCC(=O)C(C)C)C(C)C)cc1. The molecule has 22 heteroatoms. The summed E-state index contributed by atoms with van der Waals surface area (Å²) in [7, 11) is 1.46. The molecule has 2 aliphatic rings. The van der Waals surface area contributed by atoms with E-state index in [1.807, 2.05) is 46.2 Å². The Labute approximate surface area is 455 Å². The first-order valence-electron chi connectivity index (χ1n) is 27.4. The number of aromatic nitrogens is 3. The molecule has 4 rings (SSSR count). The summed E-state index contributed by atoms with van der Waals surface area (Å²) in [5.41, 5.74) is 12.2. The Kier molecular flexibility index (Phi) is 23.7. The summed E-state index contributed by atoms with van der Waals surface area (Å²) in [6, 6.07) is 4.00. The number of alkyl carbamates (subject to hydrolysis) is 2. The van der Waals surface area contributed by atoms with E-state index in [2.05, 4.69) is 56.1 Å². The van der Waals surface area contributed by atoms with Gasteiger partial charge in [-0.15, -0.1) is 5.10 Å². The van der Waals surface area contributed by atoms with Crippen LogP contribution in [0.15, 0.2) is 24.3 Å². The van der Waals surface area contributed by atoms with E-state index in [4.69, 9.17) is 30.4 Å². The van der Waals surface area contributed by atoms with Crippen molar-refractivity contribution in [1.29, 1.82) is 0 Å². The maximum absolute atomic E-state index is 13.8. The van der Waals surface area contributed by atoms with Crippen LogP contribution in [-0.4, -0.2) is 119 Å². The molecule has 6 atom stereocenters. The smallest absolute Gasteiger partial charge is 0.408 e. The summed E-state index contributed by atoms with van der Waals surface area (Å²) in [4.78, 5) is 88.5. The summed E-state index contributed by atoms with van der Waals surface area (Å²) >= 11 is 0. The van der Waals surface area contributed by atoms with Crippen LogP contribution in [0.3, 0.4) is 0 Å². The number of urea groups is 1. The highest BCUT2D eigenvalue weighted by molar-refractivity contribution is 5.98. The number of ether oxygens (including phenoxy) is 4. The first kappa shape index (κ1) is 63.7. The summed E-state index contributed by atoms with van der Waals surface area (Å²) in [6.45, 7) is 22.4. The molecule has 1 saturated carbocycles. The van der Waals surface area contributed by atoms with Gasteiger partial charge in [0.15, 0.2) is 0 Å². The molecular weight excluding hydrogens is 991 g/mol. The van der Waals surface area contributed by atoms with Crippen LogP contribution in [0.25, 0.3) is 0 Å². The van der Waals surface area contributed by atoms with E-state index in [0.717, 1.165) is 37.1 Å². The standard InChI is InChI=1S/C55H91N11O11/c1-34(2)44(67)23-25-53(7,8)77-31-28-55(11,57)63-51(73)75-33-40-38-19-21-41-43(22-20-39(38)40)66(65-64-41)52(5,6)27-30-76-54(9,10)26-24-45(68)62-46(35(3)4)48(70)61-42(14-13-29-59-49(56)71)47(69)60-37-17-15-36(16-18-37)32-74-50(72)58-12/h15-18,34-35,38-40,42,46H,13-14,19-33,57H2,1-12H3,(H,58,72)(H,60,69)(H,61,70)(H,62,68)(H,63,73)(H3,56,59,71)/t38?,39?,40?,42-,46?,55?/m0/s1. The van der Waals surface area contributed by atoms with Gasteiger partial charge in [0.1, 0.15) is 24.5 Å². The summed E-state index contributed by atoms with van der Waals surface area (Å²) in [5.74, 6) is -0.394. The van der Waals surface area contributed by atoms with Crippen LogP contribution in [0.2, 0.25) is 0 Å². The van der Waals surface area contributed by atoms with Crippen molar-refractivity contribution >= 4 is 47.4 Å². The number of ketones is 1. The normalized spacial score (nSPS) is 18.0. The highest BCUT2D eigenvalue weighted by Crippen LogP contribution is 2.53. The quantitative estimate of drug-likeness (QED) is 0.0323. The van der Waals surface area contributed by atoms with Gasteiger partial charge in [0, 0.05) is 51.1 Å². The second-order valence-corrected chi connectivity index (χ2v) is 23.6. The molecule has 0 bridgehead atoms. The molecule has 432 valence electrons. The van der Waals surface area contributed by atoms with E-state index < -0.39 is 64.5 Å². The highest BCUT2D eigenvalue weighted by Gasteiger charge is 2.51. The fourth-order valence-electron chi connectivity index (χ4n) is 9.46. The fourth-order valence-corrected chi connectivity index (χ4v) is 9.46. The molecule has 0 radical (unpaired) electrons. The van der Waals surface area contributed by atoms with Gasteiger partial charge in [-0.2, -0.15) is 0 Å². The van der Waals surface area contributed by atoms with Crippen molar-refractivity contribution in [3.63, 3.8) is 0 Å². The number of Topliss-reactive ketones (excluding diaryl/α,β-unsaturated/α-hetero) is 1. The van der Waals surface area contributed by atoms with Gasteiger partial charge < -0.3 is 62.3 Å². The molecule has 77 heavy (non-hydrogen) atoms. The number of carbonyl (C=O) groups is 7. The van der Waals surface area contributed by atoms with Gasteiger partial charge in [-0.05, 0) is 148 Å². The number of carbonyl (C=O) groups excluding carboxylic acids is 7. The van der Waals surface area contributed by atoms with Crippen molar-refractivity contribution in [3.8, 4) is 0 Å². The number of benzene rings is 1. The van der Waals surface area contributed by atoms with Crippen LogP contribution in [-0.2, 0) is 63.1 Å². The van der Waals surface area contributed by atoms with Crippen LogP contribution in [0.4, 0.5) is 20.1 Å². The van der Waals surface area contributed by atoms with Crippen molar-refractivity contribution in [1.82, 2.24) is 41.6 Å². The van der Waals surface area contributed by atoms with Gasteiger partial charge in [0.2, 0.25) is 17.7 Å². The number of aryl methyl sites for hydroxylation is 1. The van der Waals surface area contributed by atoms with Gasteiger partial charge in [-0.1, -0.05) is 45.0 Å². The monoisotopic (exact) mass is 1080 g/mol. The predicted octanol–water partition coefficient (Wildman–Crippen LogP) is 5.88. The van der Waals surface area contributed by atoms with Crippen molar-refractivity contribution in [2.24, 2.45) is 41.1 Å². The third-order valence-corrected chi connectivity index (χ3v) is 14.7. The zero-order chi connectivity index (χ0) is 57.3. The third-order valence-electron chi connectivity index (χ3n) is 14.7. The van der Waals surface area contributed by atoms with Crippen LogP contribution >= 0.6 is 0 Å². The number of hydrogen-bond donors (Lipinski definition) is 8. The van der Waals surface area contributed by atoms with Gasteiger partial charge >= 0.3 is 18.2 Å². The fraction of sp³-hybridized carbons (Fsp3) is 0.727. The molecule has 1 aromatic heterocycles. The lowest BCUT2D eigenvalue weighted by Gasteiger charge is -2.31. The molecule has 7 amide bonds. The number of anilines is 1. The number of hydrogen-bond acceptors (Lipinski definition) is 14. The van der Waals surface area contributed by atoms with Gasteiger partial charge in [0.05, 0.1) is 47.0 Å². The molecule has 2 aliphatic carbocycles. The molecule has 5 unspecified atom stereocenters. The molecular formula is C55H91N11O11. The van der Waals surface area contributed by atoms with Crippen LogP contribution in [0, 0.1) is 29.6 Å². The van der Waals surface area contributed by atoms with Crippen LogP contribution in [0.5, 0.6) is 0 Å². The molecule has 1 fully saturated rings. The minimum absolute atomic E-state index is 0.00919. The lowest BCUT2D eigenvalue weighted by atomic mass is 9.96. The van der Waals surface area contributed by atoms with Crippen molar-refractivity contribution < 1.29 is 52.5 Å². The Hall–Kier alpha value is -5.87. The zero-order valence-corrected chi connectivity index (χ0v) is 47.9. The number of amides is 7. The Bertz CT molecular complexity index is 2300. The number of rotatable bonds is 31. The zero-order valence-electron chi connectivity index (χ0n) is 47.9. The Morgan fingerprint density at radius 3 is 2.01 bits per heavy atom. The summed E-state index contributed by atoms with van der Waals surface area (Å²) in [6.07, 6.45) is 5.30. The molecule has 2 aromatic rings. The maximum Gasteiger partial charge on any atom is 0.408 e. The second kappa shape index (κ2) is 28.7. The van der Waals surface area contributed by atoms with Crippen molar-refractivity contribution in [2.45, 2.75) is 194 Å². The molecule has 0 spiro atoms. The maximum atomic E-state index is 13.8. The Balaban J connectivity index is 1.22. The van der Waals surface area contributed by atoms with Crippen molar-refractivity contribution in [2.75, 3.05) is 38.7 Å². The number of primary amides is 1. The Morgan fingerprint density at radius 1 is 0.779 bits per heavy atom. The third kappa shape index (κ3) is 21.5. The lowest BCUT2D eigenvalue weighted by Crippen LogP contribution is -2.54. The first-order chi connectivity index (χ1) is 36.0. The van der Waals surface area contributed by atoms with E-state index in [9.17, 15) is 33.6 Å². The van der Waals surface area contributed by atoms with Gasteiger partial charge in [0.25, 0.3) is 0 Å². The number of nitrogens with one attached hydrogen (secondary N) is 6. The molecule has 10 N–H and O–H groups in total. The number of fused-ring (bicyclic) bond motifs is 2. The number of nitrogens with two attached hydrogens (primary N) is 2. The van der Waals surface area contributed by atoms with Gasteiger partial charge in [-0.3, -0.25) is 19.2 Å². The first-order valence-corrected chi connectivity index (χ1v) is 27.4. The summed E-state index contributed by atoms with van der Waals surface area (Å²) in [5, 5.41) is 25.4. The minimum Gasteiger partial charge on any atom is -0.449 e. The average molecular weight is 1080 g/mol. The molecule has 1 heterocycles. The largest absolute Gasteiger partial charge is 0.449 e. The molecule has 0 saturated heterocycles.